The molecular weight excluding hydrogens is 268 g/mol. The minimum atomic E-state index is -0.489. The van der Waals surface area contributed by atoms with Crippen LogP contribution in [0.25, 0.3) is 0 Å². The zero-order chi connectivity index (χ0) is 15.4. The van der Waals surface area contributed by atoms with Crippen molar-refractivity contribution in [2.75, 3.05) is 11.9 Å². The summed E-state index contributed by atoms with van der Waals surface area (Å²) in [6, 6.07) is 9.57. The zero-order valence-electron chi connectivity index (χ0n) is 12.5. The monoisotopic (exact) mass is 288 g/mol. The van der Waals surface area contributed by atoms with Crippen molar-refractivity contribution in [3.63, 3.8) is 0 Å². The summed E-state index contributed by atoms with van der Waals surface area (Å²) in [7, 11) is 0. The summed E-state index contributed by atoms with van der Waals surface area (Å²) in [5.74, 6) is 1.96. The van der Waals surface area contributed by atoms with E-state index in [4.69, 9.17) is 14.9 Å². The van der Waals surface area contributed by atoms with E-state index < -0.39 is 5.91 Å². The van der Waals surface area contributed by atoms with Gasteiger partial charge in [0.25, 0.3) is 5.91 Å². The molecule has 5 heteroatoms. The average Bonchev–Trinajstić information content (AvgIpc) is 2.77. The number of aryl methyl sites for hydroxylation is 2. The number of hydrogen-bond donors (Lipinski definition) is 2. The van der Waals surface area contributed by atoms with Crippen molar-refractivity contribution in [3.8, 4) is 5.75 Å². The lowest BCUT2D eigenvalue weighted by atomic mass is 10.1. The molecule has 112 valence electrons. The van der Waals surface area contributed by atoms with E-state index in [1.807, 2.05) is 32.0 Å². The molecule has 1 unspecified atom stereocenters. The van der Waals surface area contributed by atoms with Crippen molar-refractivity contribution in [3.05, 3.63) is 47.4 Å². The first-order chi connectivity index (χ1) is 9.95. The van der Waals surface area contributed by atoms with E-state index in [0.717, 1.165) is 22.8 Å². The number of furan rings is 1. The predicted octanol–water partition coefficient (Wildman–Crippen LogP) is 2.93. The first-order valence-corrected chi connectivity index (χ1v) is 6.80. The third-order valence-corrected chi connectivity index (χ3v) is 3.16. The minimum absolute atomic E-state index is 0.114. The molecule has 0 radical (unpaired) electrons. The van der Waals surface area contributed by atoms with Crippen LogP contribution in [0.5, 0.6) is 5.75 Å². The number of ether oxygens (including phenoxy) is 1. The molecule has 3 N–H and O–H groups in total. The predicted molar refractivity (Wildman–Crippen MR) is 81.4 cm³/mol. The van der Waals surface area contributed by atoms with Crippen LogP contribution >= 0.6 is 0 Å². The fourth-order valence-corrected chi connectivity index (χ4v) is 2.21. The zero-order valence-corrected chi connectivity index (χ0v) is 12.5. The lowest BCUT2D eigenvalue weighted by molar-refractivity contribution is -0.119. The summed E-state index contributed by atoms with van der Waals surface area (Å²) in [4.78, 5) is 10.7. The quantitative estimate of drug-likeness (QED) is 0.856. The summed E-state index contributed by atoms with van der Waals surface area (Å²) >= 11 is 0. The summed E-state index contributed by atoms with van der Waals surface area (Å²) in [5, 5.41) is 3.40. The number of carbonyl (C=O) groups is 1. The smallest absolute Gasteiger partial charge is 0.255 e. The first kappa shape index (κ1) is 15.0. The molecule has 0 aliphatic heterocycles. The fraction of sp³-hybridized carbons (Fsp3) is 0.312. The van der Waals surface area contributed by atoms with Crippen molar-refractivity contribution in [2.45, 2.75) is 26.8 Å². The van der Waals surface area contributed by atoms with Gasteiger partial charge < -0.3 is 20.2 Å². The summed E-state index contributed by atoms with van der Waals surface area (Å²) in [5.41, 5.74) is 7.14. The Bertz CT molecular complexity index is 617. The third-order valence-electron chi connectivity index (χ3n) is 3.16. The van der Waals surface area contributed by atoms with Gasteiger partial charge in [-0.1, -0.05) is 0 Å². The van der Waals surface area contributed by atoms with Crippen LogP contribution < -0.4 is 15.8 Å². The maximum Gasteiger partial charge on any atom is 0.255 e. The van der Waals surface area contributed by atoms with Crippen molar-refractivity contribution >= 4 is 11.6 Å². The normalized spacial score (nSPS) is 12.0. The molecule has 1 amide bonds. The number of benzene rings is 1. The summed E-state index contributed by atoms with van der Waals surface area (Å²) in [6.07, 6.45) is 0. The summed E-state index contributed by atoms with van der Waals surface area (Å²) < 4.78 is 10.8. The molecule has 2 rings (SSSR count). The standard InChI is InChI=1S/C16H20N2O3/c1-10-8-15(12(3)21-10)11(2)18-13-4-6-14(7-5-13)20-9-16(17)19/h4-8,11,18H,9H2,1-3H3,(H2,17,19). The Kier molecular flexibility index (Phi) is 4.52. The molecule has 1 atom stereocenters. The van der Waals surface area contributed by atoms with Crippen LogP contribution in [0.15, 0.2) is 34.7 Å². The van der Waals surface area contributed by atoms with Gasteiger partial charge in [-0.2, -0.15) is 0 Å². The molecule has 1 aromatic carbocycles. The molecular formula is C16H20N2O3. The second-order valence-corrected chi connectivity index (χ2v) is 5.01. The molecule has 0 aliphatic carbocycles. The average molecular weight is 288 g/mol. The third kappa shape index (κ3) is 4.02. The van der Waals surface area contributed by atoms with Crippen LogP contribution in [-0.2, 0) is 4.79 Å². The lowest BCUT2D eigenvalue weighted by Gasteiger charge is -2.15. The first-order valence-electron chi connectivity index (χ1n) is 6.80. The molecule has 0 saturated carbocycles. The van der Waals surface area contributed by atoms with Crippen molar-refractivity contribution in [2.24, 2.45) is 5.73 Å². The largest absolute Gasteiger partial charge is 0.484 e. The highest BCUT2D eigenvalue weighted by molar-refractivity contribution is 5.75. The van der Waals surface area contributed by atoms with Gasteiger partial charge in [0.15, 0.2) is 6.61 Å². The Morgan fingerprint density at radius 3 is 2.52 bits per heavy atom. The second-order valence-electron chi connectivity index (χ2n) is 5.01. The van der Waals surface area contributed by atoms with Gasteiger partial charge in [-0.3, -0.25) is 4.79 Å². The Balaban J connectivity index is 1.99. The van der Waals surface area contributed by atoms with Crippen LogP contribution in [0.1, 0.15) is 30.0 Å². The van der Waals surface area contributed by atoms with Crippen LogP contribution in [0.3, 0.4) is 0 Å². The Labute approximate surface area is 124 Å². The number of primary amides is 1. The highest BCUT2D eigenvalue weighted by Gasteiger charge is 2.12. The van der Waals surface area contributed by atoms with E-state index >= 15 is 0 Å². The molecule has 0 aliphatic rings. The Morgan fingerprint density at radius 1 is 1.33 bits per heavy atom. The molecule has 1 aromatic heterocycles. The Hall–Kier alpha value is -2.43. The van der Waals surface area contributed by atoms with Gasteiger partial charge in [0.05, 0.1) is 6.04 Å². The Morgan fingerprint density at radius 2 is 2.00 bits per heavy atom. The van der Waals surface area contributed by atoms with E-state index in [9.17, 15) is 4.79 Å². The number of anilines is 1. The van der Waals surface area contributed by atoms with Gasteiger partial charge >= 0.3 is 0 Å². The highest BCUT2D eigenvalue weighted by atomic mass is 16.5. The molecule has 1 heterocycles. The maximum atomic E-state index is 10.7. The molecule has 0 bridgehead atoms. The van der Waals surface area contributed by atoms with E-state index in [1.165, 1.54) is 0 Å². The van der Waals surface area contributed by atoms with Gasteiger partial charge in [0.2, 0.25) is 0 Å². The number of nitrogens with two attached hydrogens (primary N) is 1. The molecule has 21 heavy (non-hydrogen) atoms. The molecule has 0 saturated heterocycles. The van der Waals surface area contributed by atoms with Crippen molar-refractivity contribution < 1.29 is 13.9 Å². The SMILES string of the molecule is Cc1cc(C(C)Nc2ccc(OCC(N)=O)cc2)c(C)o1. The van der Waals surface area contributed by atoms with Crippen LogP contribution in [-0.4, -0.2) is 12.5 Å². The number of amides is 1. The fourth-order valence-electron chi connectivity index (χ4n) is 2.21. The number of carbonyl (C=O) groups excluding carboxylic acids is 1. The van der Waals surface area contributed by atoms with Crippen LogP contribution in [0.2, 0.25) is 0 Å². The highest BCUT2D eigenvalue weighted by Crippen LogP contribution is 2.25. The molecule has 0 spiro atoms. The van der Waals surface area contributed by atoms with Crippen LogP contribution in [0, 0.1) is 13.8 Å². The van der Waals surface area contributed by atoms with Gasteiger partial charge in [-0.05, 0) is 51.1 Å². The van der Waals surface area contributed by atoms with E-state index in [0.29, 0.717) is 5.75 Å². The molecule has 5 nitrogen and oxygen atoms in total. The molecule has 2 aromatic rings. The lowest BCUT2D eigenvalue weighted by Crippen LogP contribution is -2.19. The van der Waals surface area contributed by atoms with Gasteiger partial charge in [-0.15, -0.1) is 0 Å². The van der Waals surface area contributed by atoms with E-state index in [2.05, 4.69) is 12.2 Å². The number of hydrogen-bond acceptors (Lipinski definition) is 4. The van der Waals surface area contributed by atoms with E-state index in [1.54, 1.807) is 12.1 Å². The number of rotatable bonds is 6. The second kappa shape index (κ2) is 6.35. The minimum Gasteiger partial charge on any atom is -0.484 e. The van der Waals surface area contributed by atoms with E-state index in [-0.39, 0.29) is 12.6 Å². The summed E-state index contributed by atoms with van der Waals surface area (Å²) in [6.45, 7) is 5.86. The van der Waals surface area contributed by atoms with Crippen LogP contribution in [0.4, 0.5) is 5.69 Å². The van der Waals surface area contributed by atoms with Gasteiger partial charge in [0.1, 0.15) is 17.3 Å². The molecule has 0 fully saturated rings. The van der Waals surface area contributed by atoms with Gasteiger partial charge in [0, 0.05) is 11.3 Å². The number of nitrogens with one attached hydrogen (secondary N) is 1. The maximum absolute atomic E-state index is 10.7. The van der Waals surface area contributed by atoms with Crippen molar-refractivity contribution in [1.29, 1.82) is 0 Å². The van der Waals surface area contributed by atoms with Gasteiger partial charge in [-0.25, -0.2) is 0 Å². The topological polar surface area (TPSA) is 77.5 Å². The van der Waals surface area contributed by atoms with Crippen molar-refractivity contribution in [1.82, 2.24) is 0 Å².